The molecular formula is C21H15BrClF3N4O. The summed E-state index contributed by atoms with van der Waals surface area (Å²) in [5.41, 5.74) is 2.12. The first kappa shape index (κ1) is 21.6. The molecule has 0 saturated carbocycles. The van der Waals surface area contributed by atoms with Gasteiger partial charge in [-0.05, 0) is 65.2 Å². The number of aromatic nitrogens is 4. The van der Waals surface area contributed by atoms with Crippen LogP contribution >= 0.6 is 27.5 Å². The first-order valence-electron chi connectivity index (χ1n) is 9.14. The van der Waals surface area contributed by atoms with Crippen molar-refractivity contribution in [1.82, 2.24) is 19.2 Å². The predicted octanol–water partition coefficient (Wildman–Crippen LogP) is 5.66. The summed E-state index contributed by atoms with van der Waals surface area (Å²) in [4.78, 5) is 16.6. The van der Waals surface area contributed by atoms with Gasteiger partial charge in [-0.1, -0.05) is 29.8 Å². The summed E-state index contributed by atoms with van der Waals surface area (Å²) in [6.07, 6.45) is -4.52. The Morgan fingerprint density at radius 2 is 1.77 bits per heavy atom. The smallest absolute Gasteiger partial charge is 0.248 e. The highest BCUT2D eigenvalue weighted by atomic mass is 79.9. The molecule has 1 aromatic carbocycles. The van der Waals surface area contributed by atoms with Crippen LogP contribution in [-0.4, -0.2) is 19.2 Å². The zero-order valence-electron chi connectivity index (χ0n) is 16.3. The largest absolute Gasteiger partial charge is 0.433 e. The van der Waals surface area contributed by atoms with Crippen LogP contribution in [-0.2, 0) is 12.7 Å². The molecule has 3 aromatic heterocycles. The van der Waals surface area contributed by atoms with E-state index in [4.69, 9.17) is 11.6 Å². The minimum absolute atomic E-state index is 0.000355. The molecule has 0 aliphatic carbocycles. The van der Waals surface area contributed by atoms with Gasteiger partial charge in [-0.2, -0.15) is 13.2 Å². The highest BCUT2D eigenvalue weighted by Crippen LogP contribution is 2.32. The van der Waals surface area contributed by atoms with Crippen LogP contribution in [0.3, 0.4) is 0 Å². The molecule has 31 heavy (non-hydrogen) atoms. The van der Waals surface area contributed by atoms with Crippen LogP contribution in [0.1, 0.15) is 22.6 Å². The first-order valence-corrected chi connectivity index (χ1v) is 10.3. The summed E-state index contributed by atoms with van der Waals surface area (Å²) >= 11 is 9.52. The minimum atomic E-state index is -4.52. The van der Waals surface area contributed by atoms with Crippen molar-refractivity contribution in [3.8, 4) is 11.1 Å². The number of fused-ring (bicyclic) bond motifs is 1. The number of aryl methyl sites for hydroxylation is 2. The summed E-state index contributed by atoms with van der Waals surface area (Å²) < 4.78 is 41.9. The second kappa shape index (κ2) is 7.80. The molecule has 0 aliphatic rings. The Kier molecular flexibility index (Phi) is 5.43. The third kappa shape index (κ3) is 3.99. The van der Waals surface area contributed by atoms with E-state index in [1.165, 1.54) is 22.1 Å². The zero-order chi connectivity index (χ0) is 22.5. The van der Waals surface area contributed by atoms with Crippen LogP contribution in [0, 0.1) is 13.8 Å². The van der Waals surface area contributed by atoms with Crippen molar-refractivity contribution in [2.45, 2.75) is 26.6 Å². The zero-order valence-corrected chi connectivity index (χ0v) is 18.7. The lowest BCUT2D eigenvalue weighted by molar-refractivity contribution is -0.141. The SMILES string of the molecule is Cc1nc(C(F)(F)F)ccc1Cn1nc2c(Br)c(-c3ccc(Cl)cc3)cc(C)n2c1=O. The van der Waals surface area contributed by atoms with Crippen molar-refractivity contribution in [2.24, 2.45) is 0 Å². The van der Waals surface area contributed by atoms with Gasteiger partial charge in [0.1, 0.15) is 5.69 Å². The molecule has 4 rings (SSSR count). The van der Waals surface area contributed by atoms with Crippen LogP contribution in [0.2, 0.25) is 5.02 Å². The number of benzene rings is 1. The molecule has 10 heteroatoms. The number of hydrogen-bond donors (Lipinski definition) is 0. The maximum absolute atomic E-state index is 13.0. The molecule has 4 aromatic rings. The highest BCUT2D eigenvalue weighted by molar-refractivity contribution is 9.10. The fraction of sp³-hybridized carbons (Fsp3) is 0.190. The number of pyridine rings is 2. The van der Waals surface area contributed by atoms with Gasteiger partial charge in [-0.15, -0.1) is 5.10 Å². The van der Waals surface area contributed by atoms with Crippen LogP contribution in [0.15, 0.2) is 51.7 Å². The number of halogens is 5. The van der Waals surface area contributed by atoms with Crippen LogP contribution in [0.5, 0.6) is 0 Å². The standard InChI is InChI=1S/C21H15BrClF3N4O/c1-11-9-16(13-3-6-15(23)7-4-13)18(22)19-28-29(20(31)30(11)19)10-14-5-8-17(21(24,25)26)27-12(14)2/h3-9H,10H2,1-2H3. The maximum Gasteiger partial charge on any atom is 0.433 e. The van der Waals surface area contributed by atoms with E-state index in [1.54, 1.807) is 19.1 Å². The van der Waals surface area contributed by atoms with E-state index in [-0.39, 0.29) is 12.2 Å². The molecule has 0 bridgehead atoms. The summed E-state index contributed by atoms with van der Waals surface area (Å²) in [6.45, 7) is 3.27. The fourth-order valence-electron chi connectivity index (χ4n) is 3.34. The second-order valence-corrected chi connectivity index (χ2v) is 8.29. The monoisotopic (exact) mass is 510 g/mol. The molecule has 0 saturated heterocycles. The van der Waals surface area contributed by atoms with Crippen molar-refractivity contribution in [3.63, 3.8) is 0 Å². The van der Waals surface area contributed by atoms with Crippen LogP contribution in [0.25, 0.3) is 16.8 Å². The summed E-state index contributed by atoms with van der Waals surface area (Å²) in [5, 5.41) is 5.04. The Bertz CT molecular complexity index is 1360. The average Bonchev–Trinajstić information content (AvgIpc) is 3.03. The lowest BCUT2D eigenvalue weighted by Gasteiger charge is -2.09. The van der Waals surface area contributed by atoms with Crippen molar-refractivity contribution < 1.29 is 13.2 Å². The van der Waals surface area contributed by atoms with E-state index in [2.05, 4.69) is 26.0 Å². The predicted molar refractivity (Wildman–Crippen MR) is 115 cm³/mol. The molecule has 160 valence electrons. The lowest BCUT2D eigenvalue weighted by atomic mass is 10.1. The van der Waals surface area contributed by atoms with Gasteiger partial charge in [0.25, 0.3) is 0 Å². The number of alkyl halides is 3. The molecule has 0 spiro atoms. The summed E-state index contributed by atoms with van der Waals surface area (Å²) in [6, 6.07) is 11.4. The molecule has 0 fully saturated rings. The Hall–Kier alpha value is -2.65. The van der Waals surface area contributed by atoms with Crippen LogP contribution < -0.4 is 5.69 Å². The van der Waals surface area contributed by atoms with E-state index < -0.39 is 17.6 Å². The Labute approximate surface area is 188 Å². The number of nitrogens with zero attached hydrogens (tertiary/aromatic N) is 4. The second-order valence-electron chi connectivity index (χ2n) is 7.06. The van der Waals surface area contributed by atoms with E-state index >= 15 is 0 Å². The third-order valence-corrected chi connectivity index (χ3v) is 5.97. The van der Waals surface area contributed by atoms with Crippen molar-refractivity contribution >= 4 is 33.2 Å². The highest BCUT2D eigenvalue weighted by Gasteiger charge is 2.32. The van der Waals surface area contributed by atoms with Gasteiger partial charge in [0.05, 0.1) is 11.0 Å². The van der Waals surface area contributed by atoms with E-state index in [9.17, 15) is 18.0 Å². The Morgan fingerprint density at radius 1 is 1.10 bits per heavy atom. The molecule has 3 heterocycles. The normalized spacial score (nSPS) is 12.0. The van der Waals surface area contributed by atoms with Crippen molar-refractivity contribution in [2.75, 3.05) is 0 Å². The third-order valence-electron chi connectivity index (χ3n) is 4.94. The lowest BCUT2D eigenvalue weighted by Crippen LogP contribution is -2.23. The molecular weight excluding hydrogens is 497 g/mol. The molecule has 0 aliphatic heterocycles. The molecule has 5 nitrogen and oxygen atoms in total. The van der Waals surface area contributed by atoms with Gasteiger partial charge in [0.2, 0.25) is 0 Å². The van der Waals surface area contributed by atoms with Gasteiger partial charge in [-0.25, -0.2) is 18.9 Å². The Morgan fingerprint density at radius 3 is 2.39 bits per heavy atom. The quantitative estimate of drug-likeness (QED) is 0.357. The van der Waals surface area contributed by atoms with Crippen molar-refractivity contribution in [1.29, 1.82) is 0 Å². The van der Waals surface area contributed by atoms with Gasteiger partial charge in [0.15, 0.2) is 5.65 Å². The van der Waals surface area contributed by atoms with Gasteiger partial charge in [-0.3, -0.25) is 0 Å². The fourth-order valence-corrected chi connectivity index (χ4v) is 4.07. The molecule has 0 N–H and O–H groups in total. The number of rotatable bonds is 3. The molecule has 0 atom stereocenters. The average molecular weight is 512 g/mol. The van der Waals surface area contributed by atoms with E-state index in [0.29, 0.717) is 26.4 Å². The minimum Gasteiger partial charge on any atom is -0.248 e. The maximum atomic E-state index is 13.0. The van der Waals surface area contributed by atoms with Gasteiger partial charge in [0, 0.05) is 22.0 Å². The molecule has 0 radical (unpaired) electrons. The van der Waals surface area contributed by atoms with Gasteiger partial charge < -0.3 is 0 Å². The topological polar surface area (TPSA) is 52.2 Å². The molecule has 0 amide bonds. The summed E-state index contributed by atoms with van der Waals surface area (Å²) in [5.74, 6) is 0. The van der Waals surface area contributed by atoms with Crippen molar-refractivity contribution in [3.05, 3.63) is 85.1 Å². The van der Waals surface area contributed by atoms with Gasteiger partial charge >= 0.3 is 11.9 Å². The summed E-state index contributed by atoms with van der Waals surface area (Å²) in [7, 11) is 0. The molecule has 0 unspecified atom stereocenters. The Balaban J connectivity index is 1.80. The van der Waals surface area contributed by atoms with Crippen LogP contribution in [0.4, 0.5) is 13.2 Å². The van der Waals surface area contributed by atoms with E-state index in [0.717, 1.165) is 17.2 Å². The first-order chi connectivity index (χ1) is 14.6. The number of hydrogen-bond acceptors (Lipinski definition) is 3. The van der Waals surface area contributed by atoms with E-state index in [1.807, 2.05) is 18.2 Å².